The molecule has 0 saturated carbocycles. The Morgan fingerprint density at radius 3 is 2.35 bits per heavy atom. The number of aliphatic hydroxyl groups is 2. The minimum Gasteiger partial charge on any atom is -0.508 e. The van der Waals surface area contributed by atoms with Crippen molar-refractivity contribution in [3.05, 3.63) is 125 Å². The van der Waals surface area contributed by atoms with Crippen molar-refractivity contribution in [3.8, 4) is 16.9 Å². The Bertz CT molecular complexity index is 1750. The molecule has 0 spiro atoms. The van der Waals surface area contributed by atoms with Gasteiger partial charge in [-0.3, -0.25) is 9.59 Å². The van der Waals surface area contributed by atoms with E-state index >= 15 is 0 Å². The highest BCUT2D eigenvalue weighted by Gasteiger charge is 2.33. The third-order valence-electron chi connectivity index (χ3n) is 9.23. The monoisotopic (exact) mass is 709 g/mol. The standard InChI is InChI=1S/C42H51N3O7/c1-29(47)43-20-5-3-4-15-41(50)44-25-31-9-6-10-33(21-31)34-11-7-13-36(22-34)42-51-38(24-40(52-42)32-18-16-30(28-46)17-19-32)26-45(2)27-39(49)35-12-8-14-37(48)23-35/h6-14,16-19,21-23,38-40,42,46,48-49H,3-5,15,20,24-28H2,1-2H3,(H,43,47)(H,44,50). The summed E-state index contributed by atoms with van der Waals surface area (Å²) in [6.45, 7) is 3.44. The maximum Gasteiger partial charge on any atom is 0.220 e. The van der Waals surface area contributed by atoms with E-state index in [1.807, 2.05) is 72.6 Å². The number of hydrogen-bond acceptors (Lipinski definition) is 8. The van der Waals surface area contributed by atoms with Gasteiger partial charge in [-0.25, -0.2) is 0 Å². The number of aromatic hydroxyl groups is 1. The molecule has 4 unspecified atom stereocenters. The summed E-state index contributed by atoms with van der Waals surface area (Å²) in [5, 5.41) is 36.1. The average molecular weight is 710 g/mol. The van der Waals surface area contributed by atoms with Crippen LogP contribution in [0.2, 0.25) is 0 Å². The predicted molar refractivity (Wildman–Crippen MR) is 200 cm³/mol. The zero-order valence-corrected chi connectivity index (χ0v) is 30.0. The van der Waals surface area contributed by atoms with Crippen LogP contribution in [0, 0.1) is 0 Å². The fourth-order valence-corrected chi connectivity index (χ4v) is 6.45. The van der Waals surface area contributed by atoms with Crippen LogP contribution in [0.1, 0.15) is 85.3 Å². The number of aliphatic hydroxyl groups excluding tert-OH is 2. The first kappa shape index (κ1) is 38.6. The number of nitrogens with zero attached hydrogens (tertiary/aromatic N) is 1. The maximum atomic E-state index is 12.5. The summed E-state index contributed by atoms with van der Waals surface area (Å²) in [7, 11) is 1.94. The van der Waals surface area contributed by atoms with Gasteiger partial charge in [-0.2, -0.15) is 0 Å². The van der Waals surface area contributed by atoms with Crippen LogP contribution in [-0.4, -0.2) is 64.8 Å². The molecule has 1 heterocycles. The van der Waals surface area contributed by atoms with Crippen molar-refractivity contribution >= 4 is 11.8 Å². The second-order valence-corrected chi connectivity index (χ2v) is 13.6. The highest BCUT2D eigenvalue weighted by atomic mass is 16.7. The molecule has 52 heavy (non-hydrogen) atoms. The average Bonchev–Trinajstić information content (AvgIpc) is 3.15. The van der Waals surface area contributed by atoms with Crippen LogP contribution in [0.5, 0.6) is 5.75 Å². The number of ether oxygens (including phenoxy) is 2. The van der Waals surface area contributed by atoms with E-state index in [0.717, 1.165) is 52.6 Å². The lowest BCUT2D eigenvalue weighted by Crippen LogP contribution is -2.39. The summed E-state index contributed by atoms with van der Waals surface area (Å²) in [4.78, 5) is 25.5. The Morgan fingerprint density at radius 1 is 0.846 bits per heavy atom. The molecule has 0 aromatic heterocycles. The summed E-state index contributed by atoms with van der Waals surface area (Å²) in [5.74, 6) is 0.0870. The van der Waals surface area contributed by atoms with Gasteiger partial charge < -0.3 is 40.3 Å². The van der Waals surface area contributed by atoms with Crippen LogP contribution < -0.4 is 10.6 Å². The van der Waals surface area contributed by atoms with Crippen molar-refractivity contribution in [1.82, 2.24) is 15.5 Å². The molecule has 5 N–H and O–H groups in total. The number of rotatable bonds is 17. The Labute approximate surface area is 306 Å². The minimum absolute atomic E-state index is 0.00755. The smallest absolute Gasteiger partial charge is 0.220 e. The van der Waals surface area contributed by atoms with E-state index in [9.17, 15) is 24.9 Å². The van der Waals surface area contributed by atoms with Gasteiger partial charge in [-0.1, -0.05) is 79.2 Å². The van der Waals surface area contributed by atoms with Crippen LogP contribution in [0.3, 0.4) is 0 Å². The Balaban J connectivity index is 1.25. The third kappa shape index (κ3) is 11.7. The third-order valence-corrected chi connectivity index (χ3v) is 9.23. The largest absolute Gasteiger partial charge is 0.508 e. The minimum atomic E-state index is -0.776. The molecule has 1 saturated heterocycles. The molecular formula is C42H51N3O7. The molecule has 0 bridgehead atoms. The highest BCUT2D eigenvalue weighted by Crippen LogP contribution is 2.39. The first-order valence-electron chi connectivity index (χ1n) is 18.0. The van der Waals surface area contributed by atoms with Gasteiger partial charge in [-0.15, -0.1) is 0 Å². The van der Waals surface area contributed by atoms with E-state index in [-0.39, 0.29) is 36.4 Å². The van der Waals surface area contributed by atoms with Gasteiger partial charge in [0.15, 0.2) is 6.29 Å². The van der Waals surface area contributed by atoms with Crippen LogP contribution in [-0.2, 0) is 32.2 Å². The van der Waals surface area contributed by atoms with Gasteiger partial charge >= 0.3 is 0 Å². The van der Waals surface area contributed by atoms with E-state index in [4.69, 9.17) is 9.47 Å². The first-order chi connectivity index (χ1) is 25.2. The van der Waals surface area contributed by atoms with Crippen LogP contribution in [0.4, 0.5) is 0 Å². The second-order valence-electron chi connectivity index (χ2n) is 13.6. The van der Waals surface area contributed by atoms with Crippen molar-refractivity contribution in [1.29, 1.82) is 0 Å². The lowest BCUT2D eigenvalue weighted by molar-refractivity contribution is -0.252. The topological polar surface area (TPSA) is 141 Å². The predicted octanol–water partition coefficient (Wildman–Crippen LogP) is 6.08. The number of unbranched alkanes of at least 4 members (excludes halogenated alkanes) is 2. The van der Waals surface area contributed by atoms with Crippen molar-refractivity contribution in [2.75, 3.05) is 26.7 Å². The molecule has 10 nitrogen and oxygen atoms in total. The molecule has 10 heteroatoms. The summed E-state index contributed by atoms with van der Waals surface area (Å²) in [6, 6.07) is 30.7. The van der Waals surface area contributed by atoms with Crippen molar-refractivity contribution in [2.24, 2.45) is 0 Å². The number of hydrogen-bond donors (Lipinski definition) is 5. The lowest BCUT2D eigenvalue weighted by atomic mass is 9.98. The van der Waals surface area contributed by atoms with E-state index in [0.29, 0.717) is 44.6 Å². The van der Waals surface area contributed by atoms with E-state index < -0.39 is 12.4 Å². The first-order valence-corrected chi connectivity index (χ1v) is 18.0. The van der Waals surface area contributed by atoms with Crippen LogP contribution in [0.15, 0.2) is 97.1 Å². The molecule has 5 rings (SSSR count). The number of carbonyl (C=O) groups excluding carboxylic acids is 2. The van der Waals surface area contributed by atoms with Gasteiger partial charge in [0.25, 0.3) is 0 Å². The number of phenols is 1. The molecule has 2 amide bonds. The number of likely N-dealkylation sites (N-methyl/N-ethyl adjacent to an activating group) is 1. The Kier molecular flexibility index (Phi) is 14.4. The number of phenolic OH excluding ortho intramolecular Hbond substituents is 1. The highest BCUT2D eigenvalue weighted by molar-refractivity contribution is 5.76. The molecule has 1 aliphatic heterocycles. The van der Waals surface area contributed by atoms with Crippen molar-refractivity contribution in [2.45, 2.75) is 76.8 Å². The van der Waals surface area contributed by atoms with Gasteiger partial charge in [0.05, 0.1) is 24.9 Å². The van der Waals surface area contributed by atoms with Crippen molar-refractivity contribution in [3.63, 3.8) is 0 Å². The summed E-state index contributed by atoms with van der Waals surface area (Å²) >= 11 is 0. The Hall–Kier alpha value is -4.58. The summed E-state index contributed by atoms with van der Waals surface area (Å²) < 4.78 is 13.2. The van der Waals surface area contributed by atoms with Gasteiger partial charge in [0, 0.05) is 51.5 Å². The van der Waals surface area contributed by atoms with E-state index in [1.165, 1.54) is 6.92 Å². The lowest BCUT2D eigenvalue weighted by Gasteiger charge is -2.38. The number of amides is 2. The van der Waals surface area contributed by atoms with E-state index in [1.54, 1.807) is 24.3 Å². The Morgan fingerprint density at radius 2 is 1.60 bits per heavy atom. The normalized spacial score (nSPS) is 17.8. The zero-order chi connectivity index (χ0) is 36.9. The fraction of sp³-hybridized carbons (Fsp3) is 0.381. The number of benzene rings is 4. The molecule has 1 fully saturated rings. The molecule has 4 atom stereocenters. The van der Waals surface area contributed by atoms with Gasteiger partial charge in [0.2, 0.25) is 11.8 Å². The molecule has 276 valence electrons. The number of carbonyl (C=O) groups is 2. The maximum absolute atomic E-state index is 12.5. The van der Waals surface area contributed by atoms with Crippen LogP contribution in [0.25, 0.3) is 11.1 Å². The zero-order valence-electron chi connectivity index (χ0n) is 30.0. The van der Waals surface area contributed by atoms with Crippen LogP contribution >= 0.6 is 0 Å². The molecule has 1 aliphatic rings. The molecule has 0 radical (unpaired) electrons. The molecule has 0 aliphatic carbocycles. The fourth-order valence-electron chi connectivity index (χ4n) is 6.45. The van der Waals surface area contributed by atoms with Gasteiger partial charge in [0.1, 0.15) is 5.75 Å². The summed E-state index contributed by atoms with van der Waals surface area (Å²) in [5.41, 5.74) is 6.34. The van der Waals surface area contributed by atoms with E-state index in [2.05, 4.69) is 22.8 Å². The molecule has 4 aromatic carbocycles. The van der Waals surface area contributed by atoms with Crippen molar-refractivity contribution < 1.29 is 34.4 Å². The number of nitrogens with one attached hydrogen (secondary N) is 2. The van der Waals surface area contributed by atoms with Gasteiger partial charge in [-0.05, 0) is 77.5 Å². The quantitative estimate of drug-likeness (QED) is 0.0833. The SMILES string of the molecule is CC(=O)NCCCCCC(=O)NCc1cccc(-c2cccc(C3OC(CN(C)CC(O)c4cccc(O)c4)CC(c4ccc(CO)cc4)O3)c2)c1. The summed E-state index contributed by atoms with van der Waals surface area (Å²) in [6.07, 6.45) is 1.67. The molecular weight excluding hydrogens is 658 g/mol. The molecule has 4 aromatic rings. The second kappa shape index (κ2) is 19.3.